The van der Waals surface area contributed by atoms with E-state index in [-0.39, 0.29) is 5.97 Å². The molecule has 0 aliphatic heterocycles. The molecule has 0 spiro atoms. The molecule has 3 nitrogen and oxygen atoms in total. The maximum atomic E-state index is 12.1. The van der Waals surface area contributed by atoms with Crippen molar-refractivity contribution in [3.05, 3.63) is 51.1 Å². The SMILES string of the molecule is CCOC(=O)C(Nc1ccccc1)c1sccc1Br. The first kappa shape index (κ1) is 14.1. The molecule has 0 aliphatic carbocycles. The van der Waals surface area contributed by atoms with Crippen LogP contribution in [0.25, 0.3) is 0 Å². The number of thiophene rings is 1. The Morgan fingerprint density at radius 1 is 1.37 bits per heavy atom. The fourth-order valence-corrected chi connectivity index (χ4v) is 3.31. The number of anilines is 1. The molecule has 2 rings (SSSR count). The Labute approximate surface area is 124 Å². The molecule has 1 N–H and O–H groups in total. The van der Waals surface area contributed by atoms with E-state index in [1.54, 1.807) is 6.92 Å². The molecular formula is C14H14BrNO2S. The van der Waals surface area contributed by atoms with E-state index in [1.807, 2.05) is 41.8 Å². The Bertz CT molecular complexity index is 541. The summed E-state index contributed by atoms with van der Waals surface area (Å²) < 4.78 is 6.06. The second-order valence-electron chi connectivity index (χ2n) is 3.83. The third kappa shape index (κ3) is 3.58. The molecule has 0 bridgehead atoms. The molecule has 1 aromatic heterocycles. The van der Waals surface area contributed by atoms with Crippen LogP contribution in [0.3, 0.4) is 0 Å². The number of carbonyl (C=O) groups excluding carboxylic acids is 1. The summed E-state index contributed by atoms with van der Waals surface area (Å²) in [6.45, 7) is 2.18. The minimum atomic E-state index is -0.489. The van der Waals surface area contributed by atoms with E-state index in [2.05, 4.69) is 21.2 Å². The van der Waals surface area contributed by atoms with Gasteiger partial charge in [-0.1, -0.05) is 18.2 Å². The van der Waals surface area contributed by atoms with Crippen LogP contribution in [0.2, 0.25) is 0 Å². The lowest BCUT2D eigenvalue weighted by Crippen LogP contribution is -2.22. The molecule has 0 aliphatic rings. The fourth-order valence-electron chi connectivity index (χ4n) is 1.67. The van der Waals surface area contributed by atoms with Gasteiger partial charge in [0, 0.05) is 10.2 Å². The Hall–Kier alpha value is -1.33. The van der Waals surface area contributed by atoms with Gasteiger partial charge in [0.2, 0.25) is 0 Å². The zero-order valence-electron chi connectivity index (χ0n) is 10.4. The standard InChI is InChI=1S/C14H14BrNO2S/c1-2-18-14(17)12(13-11(15)8-9-19-13)16-10-6-4-3-5-7-10/h3-9,12,16H,2H2,1H3. The lowest BCUT2D eigenvalue weighted by Gasteiger charge is -2.17. The number of para-hydroxylation sites is 1. The molecule has 100 valence electrons. The highest BCUT2D eigenvalue weighted by Gasteiger charge is 2.25. The average Bonchev–Trinajstić information content (AvgIpc) is 2.83. The number of esters is 1. The summed E-state index contributed by atoms with van der Waals surface area (Å²) in [7, 11) is 0. The van der Waals surface area contributed by atoms with Crippen molar-refractivity contribution in [1.82, 2.24) is 0 Å². The van der Waals surface area contributed by atoms with Crippen molar-refractivity contribution in [2.24, 2.45) is 0 Å². The zero-order chi connectivity index (χ0) is 13.7. The van der Waals surface area contributed by atoms with Gasteiger partial charge in [0.05, 0.1) is 11.5 Å². The van der Waals surface area contributed by atoms with Gasteiger partial charge in [-0.2, -0.15) is 0 Å². The summed E-state index contributed by atoms with van der Waals surface area (Å²) in [5.41, 5.74) is 0.890. The molecule has 5 heteroatoms. The van der Waals surface area contributed by atoms with Crippen LogP contribution in [-0.4, -0.2) is 12.6 Å². The van der Waals surface area contributed by atoms with Gasteiger partial charge >= 0.3 is 5.97 Å². The average molecular weight is 340 g/mol. The van der Waals surface area contributed by atoms with E-state index < -0.39 is 6.04 Å². The number of halogens is 1. The molecule has 19 heavy (non-hydrogen) atoms. The van der Waals surface area contributed by atoms with Crippen LogP contribution in [0.1, 0.15) is 17.8 Å². The molecule has 1 aromatic carbocycles. The number of carbonyl (C=O) groups is 1. The van der Waals surface area contributed by atoms with Gasteiger partial charge in [0.1, 0.15) is 0 Å². The first-order chi connectivity index (χ1) is 9.22. The van der Waals surface area contributed by atoms with Crippen LogP contribution in [0, 0.1) is 0 Å². The normalized spacial score (nSPS) is 11.9. The number of nitrogens with one attached hydrogen (secondary N) is 1. The second-order valence-corrected chi connectivity index (χ2v) is 5.63. The second kappa shape index (κ2) is 6.73. The number of ether oxygens (including phenoxy) is 1. The van der Waals surface area contributed by atoms with Crippen LogP contribution in [-0.2, 0) is 9.53 Å². The van der Waals surface area contributed by atoms with Crippen molar-refractivity contribution < 1.29 is 9.53 Å². The maximum absolute atomic E-state index is 12.1. The van der Waals surface area contributed by atoms with Crippen LogP contribution in [0.15, 0.2) is 46.3 Å². The summed E-state index contributed by atoms with van der Waals surface area (Å²) in [4.78, 5) is 13.0. The van der Waals surface area contributed by atoms with Crippen LogP contribution >= 0.6 is 27.3 Å². The van der Waals surface area contributed by atoms with Crippen molar-refractivity contribution in [2.75, 3.05) is 11.9 Å². The smallest absolute Gasteiger partial charge is 0.334 e. The predicted octanol–water partition coefficient (Wildman–Crippen LogP) is 4.23. The van der Waals surface area contributed by atoms with E-state index in [1.165, 1.54) is 11.3 Å². The maximum Gasteiger partial charge on any atom is 0.334 e. The minimum absolute atomic E-state index is 0.269. The number of rotatable bonds is 5. The molecule has 0 saturated carbocycles. The number of hydrogen-bond acceptors (Lipinski definition) is 4. The zero-order valence-corrected chi connectivity index (χ0v) is 12.8. The van der Waals surface area contributed by atoms with Gasteiger partial charge < -0.3 is 10.1 Å². The first-order valence-corrected chi connectivity index (χ1v) is 7.60. The molecule has 0 radical (unpaired) electrons. The van der Waals surface area contributed by atoms with Gasteiger partial charge in [0.25, 0.3) is 0 Å². The summed E-state index contributed by atoms with van der Waals surface area (Å²) in [5, 5.41) is 5.16. The summed E-state index contributed by atoms with van der Waals surface area (Å²) in [6, 6.07) is 11.1. The topological polar surface area (TPSA) is 38.3 Å². The molecule has 1 heterocycles. The van der Waals surface area contributed by atoms with Crippen LogP contribution < -0.4 is 5.32 Å². The molecule has 1 atom stereocenters. The summed E-state index contributed by atoms with van der Waals surface area (Å²) in [6.07, 6.45) is 0. The Morgan fingerprint density at radius 3 is 2.68 bits per heavy atom. The predicted molar refractivity (Wildman–Crippen MR) is 81.5 cm³/mol. The van der Waals surface area contributed by atoms with Gasteiger partial charge in [0.15, 0.2) is 6.04 Å². The number of benzene rings is 1. The van der Waals surface area contributed by atoms with Gasteiger partial charge in [-0.15, -0.1) is 11.3 Å². The van der Waals surface area contributed by atoms with Gasteiger partial charge in [-0.05, 0) is 46.4 Å². The van der Waals surface area contributed by atoms with Crippen LogP contribution in [0.4, 0.5) is 5.69 Å². The molecule has 1 unspecified atom stereocenters. The highest BCUT2D eigenvalue weighted by atomic mass is 79.9. The highest BCUT2D eigenvalue weighted by Crippen LogP contribution is 2.32. The summed E-state index contributed by atoms with van der Waals surface area (Å²) in [5.74, 6) is -0.269. The Kier molecular flexibility index (Phi) is 4.99. The number of hydrogen-bond donors (Lipinski definition) is 1. The largest absolute Gasteiger partial charge is 0.464 e. The first-order valence-electron chi connectivity index (χ1n) is 5.93. The minimum Gasteiger partial charge on any atom is -0.464 e. The van der Waals surface area contributed by atoms with Crippen LogP contribution in [0.5, 0.6) is 0 Å². The van der Waals surface area contributed by atoms with E-state index in [0.29, 0.717) is 6.61 Å². The molecule has 0 saturated heterocycles. The van der Waals surface area contributed by atoms with E-state index in [9.17, 15) is 4.79 Å². The van der Waals surface area contributed by atoms with Gasteiger partial charge in [-0.25, -0.2) is 4.79 Å². The molecule has 0 fully saturated rings. The van der Waals surface area contributed by atoms with Crippen molar-refractivity contribution in [3.63, 3.8) is 0 Å². The molecular weight excluding hydrogens is 326 g/mol. The third-order valence-electron chi connectivity index (χ3n) is 2.51. The highest BCUT2D eigenvalue weighted by molar-refractivity contribution is 9.10. The van der Waals surface area contributed by atoms with Crippen molar-refractivity contribution >= 4 is 38.9 Å². The quantitative estimate of drug-likeness (QED) is 0.828. The Balaban J connectivity index is 2.25. The monoisotopic (exact) mass is 339 g/mol. The summed E-state index contributed by atoms with van der Waals surface area (Å²) >= 11 is 4.98. The van der Waals surface area contributed by atoms with E-state index in [0.717, 1.165) is 15.0 Å². The van der Waals surface area contributed by atoms with Crippen molar-refractivity contribution in [3.8, 4) is 0 Å². The van der Waals surface area contributed by atoms with Crippen molar-refractivity contribution in [1.29, 1.82) is 0 Å². The lowest BCUT2D eigenvalue weighted by molar-refractivity contribution is -0.144. The molecule has 0 amide bonds. The Morgan fingerprint density at radius 2 is 2.11 bits per heavy atom. The van der Waals surface area contributed by atoms with E-state index >= 15 is 0 Å². The van der Waals surface area contributed by atoms with Gasteiger partial charge in [-0.3, -0.25) is 0 Å². The fraction of sp³-hybridized carbons (Fsp3) is 0.214. The molecule has 2 aromatic rings. The van der Waals surface area contributed by atoms with Crippen molar-refractivity contribution in [2.45, 2.75) is 13.0 Å². The van der Waals surface area contributed by atoms with E-state index in [4.69, 9.17) is 4.74 Å². The lowest BCUT2D eigenvalue weighted by atomic mass is 10.2. The third-order valence-corrected chi connectivity index (χ3v) is 4.45.